The molecule has 0 saturated heterocycles. The summed E-state index contributed by atoms with van der Waals surface area (Å²) < 4.78 is 32.5. The Labute approximate surface area is 128 Å². The van der Waals surface area contributed by atoms with E-state index < -0.39 is 10.0 Å². The predicted molar refractivity (Wildman–Crippen MR) is 80.3 cm³/mol. The average Bonchev–Trinajstić information content (AvgIpc) is 3.11. The molecule has 21 heavy (non-hydrogen) atoms. The van der Waals surface area contributed by atoms with Crippen LogP contribution in [0.1, 0.15) is 18.6 Å². The van der Waals surface area contributed by atoms with Crippen molar-refractivity contribution in [3.8, 4) is 0 Å². The lowest BCUT2D eigenvalue weighted by Gasteiger charge is -2.22. The number of anilines is 1. The van der Waals surface area contributed by atoms with Crippen molar-refractivity contribution < 1.29 is 12.8 Å². The molecule has 1 aromatic heterocycles. The highest BCUT2D eigenvalue weighted by Crippen LogP contribution is 2.37. The van der Waals surface area contributed by atoms with Gasteiger partial charge in [-0.2, -0.15) is 4.31 Å². The average molecular weight is 327 g/mol. The minimum Gasteiger partial charge on any atom is -0.468 e. The van der Waals surface area contributed by atoms with E-state index in [0.717, 1.165) is 12.8 Å². The molecule has 1 aliphatic carbocycles. The fraction of sp³-hybridized carbons (Fsp3) is 0.286. The van der Waals surface area contributed by atoms with Gasteiger partial charge in [0.2, 0.25) is 10.0 Å². The van der Waals surface area contributed by atoms with Crippen LogP contribution in [0.3, 0.4) is 0 Å². The molecule has 5 nitrogen and oxygen atoms in total. The van der Waals surface area contributed by atoms with Crippen LogP contribution in [0.5, 0.6) is 0 Å². The molecule has 1 saturated carbocycles. The summed E-state index contributed by atoms with van der Waals surface area (Å²) in [5, 5.41) is 0.139. The van der Waals surface area contributed by atoms with Crippen LogP contribution in [-0.4, -0.2) is 18.8 Å². The van der Waals surface area contributed by atoms with Gasteiger partial charge in [0.25, 0.3) is 0 Å². The Kier molecular flexibility index (Phi) is 3.69. The molecule has 3 rings (SSSR count). The molecule has 1 fully saturated rings. The number of nitrogen functional groups attached to an aromatic ring is 1. The smallest absolute Gasteiger partial charge is 0.247 e. The number of furan rings is 1. The second-order valence-electron chi connectivity index (χ2n) is 5.02. The summed E-state index contributed by atoms with van der Waals surface area (Å²) in [6, 6.07) is 8.16. The third kappa shape index (κ3) is 2.79. The number of nitrogens with two attached hydrogens (primary N) is 1. The molecule has 2 N–H and O–H groups in total. The van der Waals surface area contributed by atoms with Gasteiger partial charge < -0.3 is 10.2 Å². The maximum absolute atomic E-state index is 12.9. The Hall–Kier alpha value is -1.50. The molecule has 0 spiro atoms. The van der Waals surface area contributed by atoms with E-state index in [4.69, 9.17) is 21.8 Å². The predicted octanol–water partition coefficient (Wildman–Crippen LogP) is 2.87. The van der Waals surface area contributed by atoms with Gasteiger partial charge in [-0.15, -0.1) is 0 Å². The van der Waals surface area contributed by atoms with Crippen LogP contribution in [0, 0.1) is 0 Å². The van der Waals surface area contributed by atoms with Crippen molar-refractivity contribution in [2.24, 2.45) is 0 Å². The molecule has 1 aliphatic rings. The monoisotopic (exact) mass is 326 g/mol. The summed E-state index contributed by atoms with van der Waals surface area (Å²) in [4.78, 5) is -0.0230. The highest BCUT2D eigenvalue weighted by Gasteiger charge is 2.40. The second-order valence-corrected chi connectivity index (χ2v) is 7.25. The van der Waals surface area contributed by atoms with E-state index in [1.165, 1.54) is 22.7 Å². The van der Waals surface area contributed by atoms with Gasteiger partial charge in [-0.05, 0) is 37.1 Å². The highest BCUT2D eigenvalue weighted by molar-refractivity contribution is 7.89. The van der Waals surface area contributed by atoms with Crippen molar-refractivity contribution >= 4 is 27.3 Å². The maximum atomic E-state index is 12.9. The van der Waals surface area contributed by atoms with E-state index in [-0.39, 0.29) is 28.2 Å². The minimum absolute atomic E-state index is 0.0178. The number of benzene rings is 1. The van der Waals surface area contributed by atoms with Crippen LogP contribution < -0.4 is 5.73 Å². The van der Waals surface area contributed by atoms with Gasteiger partial charge in [-0.3, -0.25) is 0 Å². The van der Waals surface area contributed by atoms with Crippen LogP contribution in [0.2, 0.25) is 5.02 Å². The Morgan fingerprint density at radius 2 is 2.05 bits per heavy atom. The van der Waals surface area contributed by atoms with E-state index in [0.29, 0.717) is 5.76 Å². The van der Waals surface area contributed by atoms with Crippen LogP contribution in [0.4, 0.5) is 5.69 Å². The molecule has 112 valence electrons. The third-order valence-electron chi connectivity index (χ3n) is 3.41. The van der Waals surface area contributed by atoms with Crippen LogP contribution >= 0.6 is 11.6 Å². The molecule has 0 radical (unpaired) electrons. The lowest BCUT2D eigenvalue weighted by Crippen LogP contribution is -2.33. The van der Waals surface area contributed by atoms with Crippen LogP contribution in [0.15, 0.2) is 45.9 Å². The van der Waals surface area contributed by atoms with Gasteiger partial charge in [0.15, 0.2) is 0 Å². The van der Waals surface area contributed by atoms with Crippen molar-refractivity contribution in [3.05, 3.63) is 47.4 Å². The van der Waals surface area contributed by atoms with Gasteiger partial charge in [0.1, 0.15) is 10.7 Å². The molecular formula is C14H15ClN2O3S. The van der Waals surface area contributed by atoms with Gasteiger partial charge in [0, 0.05) is 6.04 Å². The molecule has 0 unspecified atom stereocenters. The number of hydrogen-bond donors (Lipinski definition) is 1. The number of halogens is 1. The van der Waals surface area contributed by atoms with Crippen molar-refractivity contribution in [2.45, 2.75) is 30.3 Å². The molecule has 2 aromatic rings. The summed E-state index contributed by atoms with van der Waals surface area (Å²) in [5.74, 6) is 0.594. The van der Waals surface area contributed by atoms with Gasteiger partial charge in [0.05, 0.1) is 23.5 Å². The third-order valence-corrected chi connectivity index (χ3v) is 5.85. The Morgan fingerprint density at radius 3 is 2.62 bits per heavy atom. The fourth-order valence-electron chi connectivity index (χ4n) is 2.24. The van der Waals surface area contributed by atoms with Crippen molar-refractivity contribution in [1.82, 2.24) is 4.31 Å². The SMILES string of the molecule is Nc1cccc(Cl)c1S(=O)(=O)N(Cc1ccco1)C1CC1. The Morgan fingerprint density at radius 1 is 1.29 bits per heavy atom. The molecule has 1 aromatic carbocycles. The normalized spacial score (nSPS) is 15.5. The second kappa shape index (κ2) is 5.36. The largest absolute Gasteiger partial charge is 0.468 e. The zero-order chi connectivity index (χ0) is 15.0. The van der Waals surface area contributed by atoms with Crippen LogP contribution in [0.25, 0.3) is 0 Å². The van der Waals surface area contributed by atoms with E-state index in [1.807, 2.05) is 0 Å². The number of rotatable bonds is 5. The lowest BCUT2D eigenvalue weighted by atomic mass is 10.3. The molecule has 1 heterocycles. The zero-order valence-corrected chi connectivity index (χ0v) is 12.8. The number of sulfonamides is 1. The van der Waals surface area contributed by atoms with Crippen molar-refractivity contribution in [2.75, 3.05) is 5.73 Å². The minimum atomic E-state index is -3.76. The summed E-state index contributed by atoms with van der Waals surface area (Å²) in [6.45, 7) is 0.185. The summed E-state index contributed by atoms with van der Waals surface area (Å²) in [6.07, 6.45) is 3.20. The maximum Gasteiger partial charge on any atom is 0.247 e. The Balaban J connectivity index is 2.01. The lowest BCUT2D eigenvalue weighted by molar-refractivity contribution is 0.357. The van der Waals surface area contributed by atoms with Crippen LogP contribution in [-0.2, 0) is 16.6 Å². The van der Waals surface area contributed by atoms with Gasteiger partial charge in [-0.25, -0.2) is 8.42 Å². The quantitative estimate of drug-likeness (QED) is 0.857. The Bertz CT molecular complexity index is 719. The first-order chi connectivity index (χ1) is 10.00. The number of nitrogens with zero attached hydrogens (tertiary/aromatic N) is 1. The topological polar surface area (TPSA) is 76.5 Å². The molecule has 7 heteroatoms. The molecule has 0 aliphatic heterocycles. The van der Waals surface area contributed by atoms with E-state index in [9.17, 15) is 8.42 Å². The zero-order valence-electron chi connectivity index (χ0n) is 11.2. The molecular weight excluding hydrogens is 312 g/mol. The summed E-state index contributed by atoms with van der Waals surface area (Å²) >= 11 is 6.06. The standard InChI is InChI=1S/C14H15ClN2O3S/c15-12-4-1-5-13(16)14(12)21(18,19)17(10-6-7-10)9-11-3-2-8-20-11/h1-5,8,10H,6-7,9,16H2. The summed E-state index contributed by atoms with van der Waals surface area (Å²) in [7, 11) is -3.76. The first-order valence-corrected chi connectivity index (χ1v) is 8.40. The first-order valence-electron chi connectivity index (χ1n) is 6.58. The van der Waals surface area contributed by atoms with Gasteiger partial charge >= 0.3 is 0 Å². The summed E-state index contributed by atoms with van der Waals surface area (Å²) in [5.41, 5.74) is 5.99. The van der Waals surface area contributed by atoms with E-state index in [2.05, 4.69) is 0 Å². The van der Waals surface area contributed by atoms with Crippen molar-refractivity contribution in [3.63, 3.8) is 0 Å². The highest BCUT2D eigenvalue weighted by atomic mass is 35.5. The first kappa shape index (κ1) is 14.4. The van der Waals surface area contributed by atoms with Crippen molar-refractivity contribution in [1.29, 1.82) is 0 Å². The van der Waals surface area contributed by atoms with E-state index in [1.54, 1.807) is 18.2 Å². The molecule has 0 amide bonds. The molecule has 0 bridgehead atoms. The van der Waals surface area contributed by atoms with E-state index >= 15 is 0 Å². The fourth-order valence-corrected chi connectivity index (χ4v) is 4.53. The van der Waals surface area contributed by atoms with Gasteiger partial charge in [-0.1, -0.05) is 17.7 Å². The number of hydrogen-bond acceptors (Lipinski definition) is 4. The molecule has 0 atom stereocenters.